The molecule has 3 nitrogen and oxygen atoms in total. The molecule has 1 heterocycles. The zero-order valence-electron chi connectivity index (χ0n) is 11.8. The molecule has 0 aliphatic rings. The average Bonchev–Trinajstić information content (AvgIpc) is 2.40. The molecule has 5 heteroatoms. The summed E-state index contributed by atoms with van der Waals surface area (Å²) >= 11 is 3.51. The lowest BCUT2D eigenvalue weighted by atomic mass is 10.1. The molecule has 0 saturated heterocycles. The van der Waals surface area contributed by atoms with E-state index in [0.29, 0.717) is 18.1 Å². The number of hydrogen-bond donors (Lipinski definition) is 1. The third kappa shape index (κ3) is 3.15. The summed E-state index contributed by atoms with van der Waals surface area (Å²) in [5, 5.41) is 3.00. The lowest BCUT2D eigenvalue weighted by molar-refractivity contribution is 0.605. The van der Waals surface area contributed by atoms with Crippen molar-refractivity contribution >= 4 is 21.7 Å². The second kappa shape index (κ2) is 6.31. The van der Waals surface area contributed by atoms with Crippen molar-refractivity contribution in [3.63, 3.8) is 0 Å². The molecule has 0 spiro atoms. The molecule has 0 amide bonds. The maximum atomic E-state index is 14.0. The minimum absolute atomic E-state index is 0.266. The van der Waals surface area contributed by atoms with Gasteiger partial charge in [-0.2, -0.15) is 0 Å². The number of rotatable bonds is 4. The van der Waals surface area contributed by atoms with Crippen LogP contribution in [0.5, 0.6) is 0 Å². The molecule has 1 aromatic carbocycles. The molecular formula is C15H17BrFN3. The second-order valence-corrected chi connectivity index (χ2v) is 5.56. The fourth-order valence-electron chi connectivity index (χ4n) is 1.84. The number of halogens is 2. The first-order valence-corrected chi connectivity index (χ1v) is 7.36. The van der Waals surface area contributed by atoms with Gasteiger partial charge < -0.3 is 5.32 Å². The summed E-state index contributed by atoms with van der Waals surface area (Å²) in [5.74, 6) is 0.404. The first kappa shape index (κ1) is 14.9. The van der Waals surface area contributed by atoms with Gasteiger partial charge in [0.25, 0.3) is 0 Å². The molecule has 0 aliphatic carbocycles. The maximum Gasteiger partial charge on any atom is 0.186 e. The van der Waals surface area contributed by atoms with Gasteiger partial charge in [0.2, 0.25) is 0 Å². The number of nitrogens with one attached hydrogen (secondary N) is 1. The van der Waals surface area contributed by atoms with E-state index in [2.05, 4.69) is 31.2 Å². The Labute approximate surface area is 126 Å². The predicted octanol–water partition coefficient (Wildman–Crippen LogP) is 4.48. The molecule has 106 valence electrons. The summed E-state index contributed by atoms with van der Waals surface area (Å²) < 4.78 is 14.9. The lowest BCUT2D eigenvalue weighted by Gasteiger charge is -2.10. The van der Waals surface area contributed by atoms with Crippen LogP contribution in [0.25, 0.3) is 11.4 Å². The molecule has 2 aromatic rings. The summed E-state index contributed by atoms with van der Waals surface area (Å²) in [7, 11) is 0. The largest absolute Gasteiger partial charge is 0.368 e. The van der Waals surface area contributed by atoms with Crippen molar-refractivity contribution in [3.05, 3.63) is 39.7 Å². The van der Waals surface area contributed by atoms with E-state index in [1.54, 1.807) is 6.92 Å². The standard InChI is InChI=1S/C15H17BrFN3/c1-4-7-18-15-13(17)10(3)19-14(20-15)11-6-5-9(2)8-12(11)16/h5-6,8H,4,7H2,1-3H3,(H,18,19,20). The smallest absolute Gasteiger partial charge is 0.186 e. The first-order valence-electron chi connectivity index (χ1n) is 6.57. The van der Waals surface area contributed by atoms with Crippen molar-refractivity contribution in [2.24, 2.45) is 0 Å². The SMILES string of the molecule is CCCNc1nc(-c2ccc(C)cc2Br)nc(C)c1F. The highest BCUT2D eigenvalue weighted by molar-refractivity contribution is 9.10. The van der Waals surface area contributed by atoms with Gasteiger partial charge in [-0.15, -0.1) is 0 Å². The van der Waals surface area contributed by atoms with Gasteiger partial charge in [-0.25, -0.2) is 14.4 Å². The number of anilines is 1. The molecule has 0 aliphatic heterocycles. The average molecular weight is 338 g/mol. The van der Waals surface area contributed by atoms with Crippen molar-refractivity contribution in [1.82, 2.24) is 9.97 Å². The van der Waals surface area contributed by atoms with Crippen molar-refractivity contribution in [2.75, 3.05) is 11.9 Å². The topological polar surface area (TPSA) is 37.8 Å². The van der Waals surface area contributed by atoms with E-state index in [9.17, 15) is 4.39 Å². The molecule has 0 unspecified atom stereocenters. The number of aromatic nitrogens is 2. The number of hydrogen-bond acceptors (Lipinski definition) is 3. The highest BCUT2D eigenvalue weighted by Crippen LogP contribution is 2.28. The molecule has 0 radical (unpaired) electrons. The maximum absolute atomic E-state index is 14.0. The molecule has 0 atom stereocenters. The van der Waals surface area contributed by atoms with Crippen LogP contribution < -0.4 is 5.32 Å². The van der Waals surface area contributed by atoms with Crippen molar-refractivity contribution in [1.29, 1.82) is 0 Å². The Hall–Kier alpha value is -1.49. The van der Waals surface area contributed by atoms with E-state index in [-0.39, 0.29) is 11.6 Å². The number of nitrogens with zero attached hydrogens (tertiary/aromatic N) is 2. The van der Waals surface area contributed by atoms with Crippen LogP contribution in [0.15, 0.2) is 22.7 Å². The Kier molecular flexibility index (Phi) is 4.70. The van der Waals surface area contributed by atoms with Crippen LogP contribution in [0.1, 0.15) is 24.6 Å². The zero-order valence-corrected chi connectivity index (χ0v) is 13.4. The highest BCUT2D eigenvalue weighted by Gasteiger charge is 2.14. The van der Waals surface area contributed by atoms with Crippen LogP contribution in [0.4, 0.5) is 10.2 Å². The van der Waals surface area contributed by atoms with Gasteiger partial charge in [-0.1, -0.05) is 28.9 Å². The van der Waals surface area contributed by atoms with E-state index in [4.69, 9.17) is 0 Å². The minimum atomic E-state index is -0.384. The highest BCUT2D eigenvalue weighted by atomic mass is 79.9. The van der Waals surface area contributed by atoms with Gasteiger partial charge in [0, 0.05) is 16.6 Å². The Morgan fingerprint density at radius 3 is 2.65 bits per heavy atom. The van der Waals surface area contributed by atoms with E-state index in [1.807, 2.05) is 32.0 Å². The number of benzene rings is 1. The van der Waals surface area contributed by atoms with Gasteiger partial charge in [0.1, 0.15) is 0 Å². The quantitative estimate of drug-likeness (QED) is 0.893. The Bertz CT molecular complexity index is 629. The zero-order chi connectivity index (χ0) is 14.7. The van der Waals surface area contributed by atoms with Crippen LogP contribution in [0.2, 0.25) is 0 Å². The lowest BCUT2D eigenvalue weighted by Crippen LogP contribution is -2.08. The fraction of sp³-hybridized carbons (Fsp3) is 0.333. The Morgan fingerprint density at radius 1 is 1.25 bits per heavy atom. The summed E-state index contributed by atoms with van der Waals surface area (Å²) in [6.07, 6.45) is 0.909. The summed E-state index contributed by atoms with van der Waals surface area (Å²) in [6, 6.07) is 5.92. The monoisotopic (exact) mass is 337 g/mol. The molecular weight excluding hydrogens is 321 g/mol. The van der Waals surface area contributed by atoms with Gasteiger partial charge in [-0.3, -0.25) is 0 Å². The molecule has 1 N–H and O–H groups in total. The third-order valence-electron chi connectivity index (χ3n) is 2.92. The molecule has 0 bridgehead atoms. The Morgan fingerprint density at radius 2 is 2.00 bits per heavy atom. The summed E-state index contributed by atoms with van der Waals surface area (Å²) in [4.78, 5) is 8.55. The van der Waals surface area contributed by atoms with E-state index >= 15 is 0 Å². The van der Waals surface area contributed by atoms with Crippen LogP contribution in [0.3, 0.4) is 0 Å². The van der Waals surface area contributed by atoms with Crippen molar-refractivity contribution < 1.29 is 4.39 Å². The van der Waals surface area contributed by atoms with E-state index in [0.717, 1.165) is 22.0 Å². The predicted molar refractivity (Wildman–Crippen MR) is 83.4 cm³/mol. The van der Waals surface area contributed by atoms with Crippen LogP contribution in [-0.2, 0) is 0 Å². The summed E-state index contributed by atoms with van der Waals surface area (Å²) in [6.45, 7) is 6.37. The van der Waals surface area contributed by atoms with Crippen molar-refractivity contribution in [2.45, 2.75) is 27.2 Å². The van der Waals surface area contributed by atoms with E-state index < -0.39 is 0 Å². The summed E-state index contributed by atoms with van der Waals surface area (Å²) in [5.41, 5.74) is 2.35. The minimum Gasteiger partial charge on any atom is -0.368 e. The first-order chi connectivity index (χ1) is 9.52. The Balaban J connectivity index is 2.48. The fourth-order valence-corrected chi connectivity index (χ4v) is 2.51. The van der Waals surface area contributed by atoms with Crippen LogP contribution >= 0.6 is 15.9 Å². The van der Waals surface area contributed by atoms with Gasteiger partial charge in [0.15, 0.2) is 17.5 Å². The van der Waals surface area contributed by atoms with Gasteiger partial charge >= 0.3 is 0 Å². The molecule has 2 rings (SSSR count). The van der Waals surface area contributed by atoms with Crippen LogP contribution in [-0.4, -0.2) is 16.5 Å². The normalized spacial score (nSPS) is 10.7. The number of aryl methyl sites for hydroxylation is 2. The third-order valence-corrected chi connectivity index (χ3v) is 3.58. The molecule has 1 aromatic heterocycles. The second-order valence-electron chi connectivity index (χ2n) is 4.71. The molecule has 0 saturated carbocycles. The van der Waals surface area contributed by atoms with E-state index in [1.165, 1.54) is 0 Å². The van der Waals surface area contributed by atoms with Gasteiger partial charge in [0.05, 0.1) is 5.69 Å². The molecule has 0 fully saturated rings. The molecule has 20 heavy (non-hydrogen) atoms. The van der Waals surface area contributed by atoms with Crippen LogP contribution in [0, 0.1) is 19.7 Å². The van der Waals surface area contributed by atoms with Crippen molar-refractivity contribution in [3.8, 4) is 11.4 Å². The van der Waals surface area contributed by atoms with Gasteiger partial charge in [-0.05, 0) is 38.0 Å².